The lowest BCUT2D eigenvalue weighted by molar-refractivity contribution is -0.137. The van der Waals surface area contributed by atoms with E-state index in [1.54, 1.807) is 0 Å². The van der Waals surface area contributed by atoms with Gasteiger partial charge in [0.25, 0.3) is 0 Å². The van der Waals surface area contributed by atoms with Crippen LogP contribution in [0.4, 0.5) is 17.6 Å². The first kappa shape index (κ1) is 30.0. The van der Waals surface area contributed by atoms with Gasteiger partial charge in [-0.2, -0.15) is 13.2 Å². The van der Waals surface area contributed by atoms with Gasteiger partial charge in [-0.15, -0.1) is 0 Å². The second-order valence-corrected chi connectivity index (χ2v) is 12.3. The van der Waals surface area contributed by atoms with Crippen LogP contribution in [0.2, 0.25) is 0 Å². The minimum Gasteiger partial charge on any atom is -0.493 e. The maximum Gasteiger partial charge on any atom is 0.416 e. The van der Waals surface area contributed by atoms with Gasteiger partial charge in [0.2, 0.25) is 15.9 Å². The zero-order valence-corrected chi connectivity index (χ0v) is 23.4. The summed E-state index contributed by atoms with van der Waals surface area (Å²) in [6.45, 7) is 1.09. The number of nitrogens with one attached hydrogen (secondary N) is 3. The molecule has 1 fully saturated rings. The van der Waals surface area contributed by atoms with E-state index in [1.165, 1.54) is 31.4 Å². The molecule has 3 N–H and O–H groups in total. The molecule has 2 atom stereocenters. The van der Waals surface area contributed by atoms with Crippen LogP contribution in [0.25, 0.3) is 0 Å². The highest BCUT2D eigenvalue weighted by molar-refractivity contribution is 7.89. The van der Waals surface area contributed by atoms with Gasteiger partial charge in [0.15, 0.2) is 0 Å². The van der Waals surface area contributed by atoms with E-state index >= 15 is 0 Å². The maximum atomic E-state index is 13.6. The molecule has 1 aliphatic heterocycles. The van der Waals surface area contributed by atoms with Crippen molar-refractivity contribution in [1.82, 2.24) is 15.4 Å². The normalized spacial score (nSPS) is 18.0. The van der Waals surface area contributed by atoms with Gasteiger partial charge in [-0.05, 0) is 60.4 Å². The molecule has 1 heterocycles. The van der Waals surface area contributed by atoms with Crippen molar-refractivity contribution in [2.75, 3.05) is 6.61 Å². The zero-order chi connectivity index (χ0) is 29.9. The Morgan fingerprint density at radius 1 is 1.00 bits per heavy atom. The van der Waals surface area contributed by atoms with Gasteiger partial charge >= 0.3 is 6.18 Å². The molecule has 12 heteroatoms. The summed E-state index contributed by atoms with van der Waals surface area (Å²) in [5, 5.41) is 6.44. The maximum absolute atomic E-state index is 13.6. The Balaban J connectivity index is 1.31. The summed E-state index contributed by atoms with van der Waals surface area (Å²) in [4.78, 5) is 12.6. The first-order valence-corrected chi connectivity index (χ1v) is 15.2. The number of alkyl halides is 3. The molecule has 42 heavy (non-hydrogen) atoms. The average Bonchev–Trinajstić information content (AvgIpc) is 2.92. The molecular weight excluding hydrogens is 574 g/mol. The zero-order valence-electron chi connectivity index (χ0n) is 22.6. The van der Waals surface area contributed by atoms with Crippen LogP contribution in [0.5, 0.6) is 5.75 Å². The van der Waals surface area contributed by atoms with Gasteiger partial charge in [0.1, 0.15) is 11.6 Å². The minimum absolute atomic E-state index is 0.276. The highest BCUT2D eigenvalue weighted by atomic mass is 32.2. The number of fused-ring (bicyclic) bond motifs is 1. The summed E-state index contributed by atoms with van der Waals surface area (Å²) in [5.74, 6) is -0.395. The van der Waals surface area contributed by atoms with Crippen molar-refractivity contribution in [3.8, 4) is 5.75 Å². The number of hydrogen-bond donors (Lipinski definition) is 3. The standard InChI is InChI=1S/C30H31F4N3O4S/c31-22-10-8-20(9-11-22)27(37-42(39,40)24-6-1-3-21(16-24)30(32,33)34)17-29(38)36-26-13-14-41-28-15-19(7-12-25(26)28)18-35-23-4-2-5-23/h1,3,6-12,15-16,23,26-27,35,37H,2,4-5,13-14,17-18H2,(H,36,38). The van der Waals surface area contributed by atoms with Crippen molar-refractivity contribution in [3.05, 3.63) is 94.8 Å². The molecule has 3 aromatic carbocycles. The number of benzene rings is 3. The van der Waals surface area contributed by atoms with Gasteiger partial charge < -0.3 is 15.4 Å². The van der Waals surface area contributed by atoms with E-state index in [-0.39, 0.29) is 18.0 Å². The number of carbonyl (C=O) groups excluding carboxylic acids is 1. The smallest absolute Gasteiger partial charge is 0.416 e. The first-order valence-electron chi connectivity index (χ1n) is 13.7. The van der Waals surface area contributed by atoms with Crippen molar-refractivity contribution in [3.63, 3.8) is 0 Å². The van der Waals surface area contributed by atoms with E-state index in [2.05, 4.69) is 15.4 Å². The molecule has 0 saturated heterocycles. The van der Waals surface area contributed by atoms with Crippen molar-refractivity contribution in [2.45, 2.75) is 67.8 Å². The fraction of sp³-hybridized carbons (Fsp3) is 0.367. The van der Waals surface area contributed by atoms with Crippen LogP contribution in [0.1, 0.15) is 66.4 Å². The number of sulfonamides is 1. The molecule has 0 spiro atoms. The third-order valence-corrected chi connectivity index (χ3v) is 9.05. The first-order chi connectivity index (χ1) is 20.0. The fourth-order valence-corrected chi connectivity index (χ4v) is 6.29. The molecular formula is C30H31F4N3O4S. The molecule has 1 aliphatic carbocycles. The highest BCUT2D eigenvalue weighted by Crippen LogP contribution is 2.34. The van der Waals surface area contributed by atoms with Crippen molar-refractivity contribution < 1.29 is 35.5 Å². The topological polar surface area (TPSA) is 96.5 Å². The summed E-state index contributed by atoms with van der Waals surface area (Å²) >= 11 is 0. The van der Waals surface area contributed by atoms with Crippen LogP contribution in [-0.2, 0) is 27.5 Å². The molecule has 1 amide bonds. The Hall–Kier alpha value is -3.48. The largest absolute Gasteiger partial charge is 0.493 e. The minimum atomic E-state index is -4.74. The van der Waals surface area contributed by atoms with Crippen LogP contribution in [-0.4, -0.2) is 27.0 Å². The number of amides is 1. The highest BCUT2D eigenvalue weighted by Gasteiger charge is 2.33. The van der Waals surface area contributed by atoms with E-state index < -0.39 is 44.4 Å². The van der Waals surface area contributed by atoms with Crippen LogP contribution in [0, 0.1) is 5.82 Å². The van der Waals surface area contributed by atoms with E-state index in [0.29, 0.717) is 37.4 Å². The number of carbonyl (C=O) groups is 1. The molecule has 3 aromatic rings. The Labute approximate surface area is 241 Å². The SMILES string of the molecule is O=C(CC(NS(=O)(=O)c1cccc(C(F)(F)F)c1)c1ccc(F)cc1)NC1CCOc2cc(CNC3CCC3)ccc21. The van der Waals surface area contributed by atoms with Crippen LogP contribution >= 0.6 is 0 Å². The number of ether oxygens (including phenoxy) is 1. The predicted molar refractivity (Wildman–Crippen MR) is 147 cm³/mol. The number of hydrogen-bond acceptors (Lipinski definition) is 5. The van der Waals surface area contributed by atoms with E-state index in [1.807, 2.05) is 18.2 Å². The molecule has 5 rings (SSSR count). The third kappa shape index (κ3) is 7.29. The van der Waals surface area contributed by atoms with Crippen molar-refractivity contribution in [2.24, 2.45) is 0 Å². The summed E-state index contributed by atoms with van der Waals surface area (Å²) < 4.78 is 87.7. The summed E-state index contributed by atoms with van der Waals surface area (Å²) in [6, 6.07) is 13.0. The van der Waals surface area contributed by atoms with Crippen molar-refractivity contribution >= 4 is 15.9 Å². The Morgan fingerprint density at radius 2 is 1.76 bits per heavy atom. The van der Waals surface area contributed by atoms with E-state index in [0.717, 1.165) is 41.5 Å². The van der Waals surface area contributed by atoms with Crippen molar-refractivity contribution in [1.29, 1.82) is 0 Å². The molecule has 1 saturated carbocycles. The van der Waals surface area contributed by atoms with Gasteiger partial charge in [0.05, 0.1) is 29.1 Å². The average molecular weight is 606 g/mol. The molecule has 7 nitrogen and oxygen atoms in total. The second kappa shape index (κ2) is 12.4. The van der Waals surface area contributed by atoms with Gasteiger partial charge in [-0.3, -0.25) is 4.79 Å². The number of halogens is 4. The molecule has 0 radical (unpaired) electrons. The molecule has 2 aliphatic rings. The van der Waals surface area contributed by atoms with Gasteiger partial charge in [0, 0.05) is 31.0 Å². The van der Waals surface area contributed by atoms with Crippen LogP contribution in [0.15, 0.2) is 71.6 Å². The summed E-state index contributed by atoms with van der Waals surface area (Å²) in [7, 11) is -4.49. The third-order valence-electron chi connectivity index (χ3n) is 7.58. The monoisotopic (exact) mass is 605 g/mol. The summed E-state index contributed by atoms with van der Waals surface area (Å²) in [6.07, 6.45) is -1.04. The summed E-state index contributed by atoms with van der Waals surface area (Å²) in [5.41, 5.74) is 1.01. The van der Waals surface area contributed by atoms with Crippen LogP contribution in [0.3, 0.4) is 0 Å². The van der Waals surface area contributed by atoms with Gasteiger partial charge in [-0.25, -0.2) is 17.5 Å². The fourth-order valence-electron chi connectivity index (χ4n) is 5.02. The lowest BCUT2D eigenvalue weighted by Gasteiger charge is -2.29. The predicted octanol–water partition coefficient (Wildman–Crippen LogP) is 5.54. The van der Waals surface area contributed by atoms with Gasteiger partial charge in [-0.1, -0.05) is 36.8 Å². The molecule has 2 unspecified atom stereocenters. The van der Waals surface area contributed by atoms with E-state index in [9.17, 15) is 30.8 Å². The Bertz CT molecular complexity index is 1530. The van der Waals surface area contributed by atoms with Crippen LogP contribution < -0.4 is 20.1 Å². The number of rotatable bonds is 10. The second-order valence-electron chi connectivity index (χ2n) is 10.6. The Morgan fingerprint density at radius 3 is 2.45 bits per heavy atom. The molecule has 0 aromatic heterocycles. The quantitative estimate of drug-likeness (QED) is 0.264. The lowest BCUT2D eigenvalue weighted by Crippen LogP contribution is -2.37. The molecule has 0 bridgehead atoms. The van der Waals surface area contributed by atoms with E-state index in [4.69, 9.17) is 4.74 Å². The molecule has 224 valence electrons. The lowest BCUT2D eigenvalue weighted by atomic mass is 9.93. The Kier molecular flexibility index (Phi) is 8.86.